The van der Waals surface area contributed by atoms with Gasteiger partial charge in [0.2, 0.25) is 0 Å². The van der Waals surface area contributed by atoms with E-state index in [0.717, 1.165) is 24.9 Å². The molecule has 3 N–H and O–H groups in total. The minimum Gasteiger partial charge on any atom is -0.462 e. The number of rotatable bonds is 7. The van der Waals surface area contributed by atoms with Gasteiger partial charge in [-0.3, -0.25) is 0 Å². The maximum atomic E-state index is 11.5. The summed E-state index contributed by atoms with van der Waals surface area (Å²) in [7, 11) is 0. The molecule has 20 heavy (non-hydrogen) atoms. The zero-order chi connectivity index (χ0) is 14.8. The molecule has 5 heteroatoms. The van der Waals surface area contributed by atoms with E-state index in [2.05, 4.69) is 17.2 Å². The lowest BCUT2D eigenvalue weighted by Gasteiger charge is -2.05. The molecule has 0 unspecified atom stereocenters. The number of hydrogen-bond donors (Lipinski definition) is 2. The second-order valence-electron chi connectivity index (χ2n) is 4.40. The van der Waals surface area contributed by atoms with Gasteiger partial charge in [-0.15, -0.1) is 0 Å². The molecule has 0 aliphatic rings. The fourth-order valence-corrected chi connectivity index (χ4v) is 1.59. The molecule has 0 spiro atoms. The van der Waals surface area contributed by atoms with Crippen molar-refractivity contribution in [3.63, 3.8) is 0 Å². The van der Waals surface area contributed by atoms with Crippen LogP contribution in [0.15, 0.2) is 29.3 Å². The molecule has 5 nitrogen and oxygen atoms in total. The summed E-state index contributed by atoms with van der Waals surface area (Å²) in [6.07, 6.45) is 2.19. The zero-order valence-corrected chi connectivity index (χ0v) is 12.2. The molecule has 0 amide bonds. The monoisotopic (exact) mass is 277 g/mol. The Hall–Kier alpha value is -2.04. The Morgan fingerprint density at radius 2 is 2.00 bits per heavy atom. The van der Waals surface area contributed by atoms with Gasteiger partial charge in [-0.1, -0.05) is 25.5 Å². The summed E-state index contributed by atoms with van der Waals surface area (Å²) in [5.41, 5.74) is 7.29. The number of carbonyl (C=O) groups is 1. The summed E-state index contributed by atoms with van der Waals surface area (Å²) in [4.78, 5) is 15.7. The van der Waals surface area contributed by atoms with Crippen molar-refractivity contribution in [3.05, 3.63) is 35.4 Å². The maximum absolute atomic E-state index is 11.5. The van der Waals surface area contributed by atoms with Gasteiger partial charge in [0.05, 0.1) is 18.7 Å². The predicted molar refractivity (Wildman–Crippen MR) is 80.6 cm³/mol. The molecule has 0 bridgehead atoms. The number of nitrogens with zero attached hydrogens (tertiary/aromatic N) is 1. The third-order valence-corrected chi connectivity index (χ3v) is 2.73. The first kappa shape index (κ1) is 16.0. The maximum Gasteiger partial charge on any atom is 0.338 e. The first-order valence-electron chi connectivity index (χ1n) is 6.97. The molecular weight excluding hydrogens is 254 g/mol. The number of unbranched alkanes of at least 4 members (excludes halogenated alkanes) is 1. The van der Waals surface area contributed by atoms with Crippen LogP contribution in [0.25, 0.3) is 0 Å². The van der Waals surface area contributed by atoms with E-state index in [0.29, 0.717) is 24.7 Å². The standard InChI is InChI=1S/C15H23N3O2/c1-3-5-10-17-15(16)18-11-12-6-8-13(9-7-12)14(19)20-4-2/h6-9H,3-5,10-11H2,1-2H3,(H3,16,17,18). The number of aliphatic imine (C=N–C) groups is 1. The van der Waals surface area contributed by atoms with Gasteiger partial charge >= 0.3 is 5.97 Å². The topological polar surface area (TPSA) is 76.7 Å². The van der Waals surface area contributed by atoms with Crippen LogP contribution in [-0.2, 0) is 11.3 Å². The van der Waals surface area contributed by atoms with Crippen molar-refractivity contribution in [2.24, 2.45) is 10.7 Å². The van der Waals surface area contributed by atoms with Gasteiger partial charge in [0, 0.05) is 6.54 Å². The average Bonchev–Trinajstić information content (AvgIpc) is 2.46. The van der Waals surface area contributed by atoms with Gasteiger partial charge < -0.3 is 15.8 Å². The van der Waals surface area contributed by atoms with Crippen LogP contribution in [0.2, 0.25) is 0 Å². The van der Waals surface area contributed by atoms with Crippen molar-refractivity contribution in [3.8, 4) is 0 Å². The molecule has 1 rings (SSSR count). The molecule has 0 fully saturated rings. The summed E-state index contributed by atoms with van der Waals surface area (Å²) in [6.45, 7) is 5.63. The molecule has 110 valence electrons. The summed E-state index contributed by atoms with van der Waals surface area (Å²) in [5.74, 6) is 0.149. The highest BCUT2D eigenvalue weighted by Gasteiger charge is 2.05. The molecule has 0 aliphatic heterocycles. The van der Waals surface area contributed by atoms with Crippen LogP contribution in [-0.4, -0.2) is 25.1 Å². The van der Waals surface area contributed by atoms with E-state index in [1.54, 1.807) is 19.1 Å². The highest BCUT2D eigenvalue weighted by molar-refractivity contribution is 5.89. The summed E-state index contributed by atoms with van der Waals surface area (Å²) >= 11 is 0. The number of ether oxygens (including phenoxy) is 1. The number of nitrogens with two attached hydrogens (primary N) is 1. The molecular formula is C15H23N3O2. The summed E-state index contributed by atoms with van der Waals surface area (Å²) in [5, 5.41) is 3.05. The van der Waals surface area contributed by atoms with E-state index < -0.39 is 0 Å². The Morgan fingerprint density at radius 1 is 1.30 bits per heavy atom. The van der Waals surface area contributed by atoms with E-state index in [-0.39, 0.29) is 5.97 Å². The van der Waals surface area contributed by atoms with Crippen molar-refractivity contribution in [2.75, 3.05) is 13.2 Å². The lowest BCUT2D eigenvalue weighted by molar-refractivity contribution is 0.0526. The lowest BCUT2D eigenvalue weighted by Crippen LogP contribution is -2.32. The second kappa shape index (κ2) is 8.96. The van der Waals surface area contributed by atoms with E-state index in [1.165, 1.54) is 0 Å². The van der Waals surface area contributed by atoms with Crippen LogP contribution in [0.3, 0.4) is 0 Å². The fourth-order valence-electron chi connectivity index (χ4n) is 1.59. The van der Waals surface area contributed by atoms with Crippen molar-refractivity contribution < 1.29 is 9.53 Å². The normalized spacial score (nSPS) is 11.2. The Balaban J connectivity index is 2.48. The Kier molecular flexibility index (Phi) is 7.17. The zero-order valence-electron chi connectivity index (χ0n) is 12.2. The minimum absolute atomic E-state index is 0.303. The number of nitrogens with one attached hydrogen (secondary N) is 1. The molecule has 0 saturated carbocycles. The Bertz CT molecular complexity index is 441. The molecule has 0 aromatic heterocycles. The fraction of sp³-hybridized carbons (Fsp3) is 0.467. The van der Waals surface area contributed by atoms with Crippen molar-refractivity contribution in [2.45, 2.75) is 33.2 Å². The molecule has 1 aromatic carbocycles. The molecule has 0 aliphatic carbocycles. The number of guanidine groups is 1. The Morgan fingerprint density at radius 3 is 2.60 bits per heavy atom. The third-order valence-electron chi connectivity index (χ3n) is 2.73. The van der Waals surface area contributed by atoms with E-state index in [1.807, 2.05) is 12.1 Å². The number of esters is 1. The predicted octanol–water partition coefficient (Wildman–Crippen LogP) is 2.07. The van der Waals surface area contributed by atoms with Crippen molar-refractivity contribution in [1.29, 1.82) is 0 Å². The summed E-state index contributed by atoms with van der Waals surface area (Å²) in [6, 6.07) is 7.19. The molecule has 0 atom stereocenters. The molecule has 0 radical (unpaired) electrons. The molecule has 1 aromatic rings. The van der Waals surface area contributed by atoms with Crippen LogP contribution in [0.5, 0.6) is 0 Å². The minimum atomic E-state index is -0.303. The van der Waals surface area contributed by atoms with Gasteiger partial charge in [-0.25, -0.2) is 9.79 Å². The first-order valence-corrected chi connectivity index (χ1v) is 6.97. The third kappa shape index (κ3) is 5.73. The van der Waals surface area contributed by atoms with Gasteiger partial charge in [-0.05, 0) is 31.0 Å². The van der Waals surface area contributed by atoms with Crippen LogP contribution in [0, 0.1) is 0 Å². The van der Waals surface area contributed by atoms with Crippen LogP contribution < -0.4 is 11.1 Å². The van der Waals surface area contributed by atoms with Gasteiger partial charge in [-0.2, -0.15) is 0 Å². The van der Waals surface area contributed by atoms with Crippen LogP contribution in [0.1, 0.15) is 42.6 Å². The first-order chi connectivity index (χ1) is 9.67. The average molecular weight is 277 g/mol. The van der Waals surface area contributed by atoms with Gasteiger partial charge in [0.1, 0.15) is 0 Å². The molecule has 0 saturated heterocycles. The van der Waals surface area contributed by atoms with E-state index >= 15 is 0 Å². The quantitative estimate of drug-likeness (QED) is 0.346. The highest BCUT2D eigenvalue weighted by atomic mass is 16.5. The lowest BCUT2D eigenvalue weighted by atomic mass is 10.1. The van der Waals surface area contributed by atoms with Crippen LogP contribution >= 0.6 is 0 Å². The SMILES string of the molecule is CCCCNC(N)=NCc1ccc(C(=O)OCC)cc1. The largest absolute Gasteiger partial charge is 0.462 e. The molecule has 0 heterocycles. The van der Waals surface area contributed by atoms with E-state index in [4.69, 9.17) is 10.5 Å². The highest BCUT2D eigenvalue weighted by Crippen LogP contribution is 2.07. The van der Waals surface area contributed by atoms with Crippen LogP contribution in [0.4, 0.5) is 0 Å². The summed E-state index contributed by atoms with van der Waals surface area (Å²) < 4.78 is 4.92. The van der Waals surface area contributed by atoms with Gasteiger partial charge in [0.15, 0.2) is 5.96 Å². The number of hydrogen-bond acceptors (Lipinski definition) is 3. The second-order valence-corrected chi connectivity index (χ2v) is 4.40. The van der Waals surface area contributed by atoms with Crippen molar-refractivity contribution in [1.82, 2.24) is 5.32 Å². The number of benzene rings is 1. The smallest absolute Gasteiger partial charge is 0.338 e. The van der Waals surface area contributed by atoms with E-state index in [9.17, 15) is 4.79 Å². The number of carbonyl (C=O) groups excluding carboxylic acids is 1. The van der Waals surface area contributed by atoms with Gasteiger partial charge in [0.25, 0.3) is 0 Å². The Labute approximate surface area is 120 Å². The van der Waals surface area contributed by atoms with Crippen molar-refractivity contribution >= 4 is 11.9 Å².